The number of unbranched alkanes of at least 4 members (excludes halogenated alkanes) is 10. The van der Waals surface area contributed by atoms with Gasteiger partial charge in [0.25, 0.3) is 0 Å². The van der Waals surface area contributed by atoms with Crippen molar-refractivity contribution in [3.05, 3.63) is 85.1 Å². The molecule has 0 aliphatic rings. The third-order valence-corrected chi connectivity index (χ3v) is 7.94. The molecule has 0 N–H and O–H groups in total. The van der Waals surface area contributed by atoms with Gasteiger partial charge in [-0.15, -0.1) is 0 Å². The molecule has 0 saturated carbocycles. The topological polar surface area (TPSA) is 61.8 Å². The Morgan fingerprint density at radius 3 is 1.50 bits per heavy atom. The first-order valence-corrected chi connectivity index (χ1v) is 20.1. The maximum atomic E-state index is 12.6. The second kappa shape index (κ2) is 40.5. The molecule has 1 unspecified atom stereocenters. The van der Waals surface area contributed by atoms with Crippen molar-refractivity contribution >= 4 is 11.9 Å². The Bertz CT molecular complexity index is 968. The van der Waals surface area contributed by atoms with Gasteiger partial charge in [0.05, 0.1) is 6.61 Å². The van der Waals surface area contributed by atoms with Crippen LogP contribution in [0.25, 0.3) is 0 Å². The van der Waals surface area contributed by atoms with E-state index in [1.807, 2.05) is 6.08 Å². The summed E-state index contributed by atoms with van der Waals surface area (Å²) in [6.07, 6.45) is 51.6. The summed E-state index contributed by atoms with van der Waals surface area (Å²) in [7, 11) is 0. The van der Waals surface area contributed by atoms with E-state index in [9.17, 15) is 9.59 Å². The van der Waals surface area contributed by atoms with Gasteiger partial charge in [-0.25, -0.2) is 0 Å². The van der Waals surface area contributed by atoms with Crippen molar-refractivity contribution in [1.82, 2.24) is 0 Å². The van der Waals surface area contributed by atoms with Gasteiger partial charge in [-0.2, -0.15) is 0 Å². The zero-order valence-electron chi connectivity index (χ0n) is 32.4. The van der Waals surface area contributed by atoms with Crippen LogP contribution in [0.15, 0.2) is 85.1 Å². The Hall–Kier alpha value is -2.92. The lowest BCUT2D eigenvalue weighted by Crippen LogP contribution is -2.30. The minimum Gasteiger partial charge on any atom is -0.462 e. The highest BCUT2D eigenvalue weighted by molar-refractivity contribution is 5.70. The van der Waals surface area contributed by atoms with Crippen molar-refractivity contribution in [3.8, 4) is 0 Å². The van der Waals surface area contributed by atoms with Gasteiger partial charge in [0.2, 0.25) is 0 Å². The molecule has 0 aromatic carbocycles. The number of allylic oxidation sites excluding steroid dienone is 14. The van der Waals surface area contributed by atoms with E-state index in [2.05, 4.69) is 99.8 Å². The van der Waals surface area contributed by atoms with Crippen LogP contribution in [0.4, 0.5) is 0 Å². The minimum atomic E-state index is -0.577. The molecule has 0 fully saturated rings. The van der Waals surface area contributed by atoms with Crippen LogP contribution in [0.2, 0.25) is 0 Å². The Kier molecular flexibility index (Phi) is 38.1. The van der Waals surface area contributed by atoms with Crippen molar-refractivity contribution in [2.75, 3.05) is 19.8 Å². The molecule has 0 bridgehead atoms. The molecule has 50 heavy (non-hydrogen) atoms. The number of hydrogen-bond donors (Lipinski definition) is 0. The van der Waals surface area contributed by atoms with E-state index >= 15 is 0 Å². The minimum absolute atomic E-state index is 0.0321. The molecule has 0 rings (SSSR count). The average Bonchev–Trinajstić information content (AvgIpc) is 3.11. The van der Waals surface area contributed by atoms with Crippen molar-refractivity contribution in [2.45, 2.75) is 168 Å². The Balaban J connectivity index is 4.40. The van der Waals surface area contributed by atoms with Crippen LogP contribution in [0, 0.1) is 0 Å². The third kappa shape index (κ3) is 37.9. The summed E-state index contributed by atoms with van der Waals surface area (Å²) in [6, 6.07) is 0. The van der Waals surface area contributed by atoms with E-state index < -0.39 is 6.10 Å². The Labute approximate surface area is 308 Å². The molecule has 0 aromatic heterocycles. The van der Waals surface area contributed by atoms with Gasteiger partial charge in [0.1, 0.15) is 6.61 Å². The summed E-state index contributed by atoms with van der Waals surface area (Å²) in [5.41, 5.74) is 0. The quantitative estimate of drug-likeness (QED) is 0.0375. The lowest BCUT2D eigenvalue weighted by molar-refractivity contribution is -0.162. The molecule has 0 amide bonds. The fraction of sp³-hybridized carbons (Fsp3) is 0.644. The molecule has 0 heterocycles. The van der Waals surface area contributed by atoms with E-state index in [1.54, 1.807) is 0 Å². The van der Waals surface area contributed by atoms with Gasteiger partial charge in [0, 0.05) is 19.4 Å². The monoisotopic (exact) mass is 695 g/mol. The van der Waals surface area contributed by atoms with Crippen LogP contribution in [0.1, 0.15) is 162 Å². The van der Waals surface area contributed by atoms with Gasteiger partial charge >= 0.3 is 11.9 Å². The van der Waals surface area contributed by atoms with Gasteiger partial charge in [-0.3, -0.25) is 9.59 Å². The highest BCUT2D eigenvalue weighted by Crippen LogP contribution is 2.10. The van der Waals surface area contributed by atoms with Crippen molar-refractivity contribution in [2.24, 2.45) is 0 Å². The number of esters is 2. The summed E-state index contributed by atoms with van der Waals surface area (Å²) >= 11 is 0. The molecule has 5 heteroatoms. The number of carbonyl (C=O) groups is 2. The molecule has 5 nitrogen and oxygen atoms in total. The van der Waals surface area contributed by atoms with E-state index in [0.717, 1.165) is 83.5 Å². The molecule has 284 valence electrons. The summed E-state index contributed by atoms with van der Waals surface area (Å²) in [4.78, 5) is 25.0. The number of ether oxygens (including phenoxy) is 3. The van der Waals surface area contributed by atoms with Crippen molar-refractivity contribution in [3.63, 3.8) is 0 Å². The number of rotatable bonds is 35. The second-order valence-electron chi connectivity index (χ2n) is 12.8. The van der Waals surface area contributed by atoms with Crippen LogP contribution in [0.5, 0.6) is 0 Å². The largest absolute Gasteiger partial charge is 0.462 e. The first-order chi connectivity index (χ1) is 24.6. The van der Waals surface area contributed by atoms with Crippen molar-refractivity contribution in [1.29, 1.82) is 0 Å². The molecule has 0 radical (unpaired) electrons. The Morgan fingerprint density at radius 2 is 0.940 bits per heavy atom. The van der Waals surface area contributed by atoms with Crippen LogP contribution in [-0.2, 0) is 23.8 Å². The summed E-state index contributed by atoms with van der Waals surface area (Å²) in [5.74, 6) is -0.534. The van der Waals surface area contributed by atoms with E-state index in [1.165, 1.54) is 38.5 Å². The standard InChI is InChI=1S/C45H74O5/c1-4-7-10-13-16-19-21-23-25-27-29-32-35-38-44(46)49-42-43(41-48-40-37-34-31-18-15-12-9-6-3)50-45(47)39-36-33-30-28-26-24-22-20-17-14-11-8-5-2/h7-8,10-11,16-17,19-20,23-26,29,32,43H,4-6,9,12-15,18,21-22,27-28,30-31,33-42H2,1-3H3/b10-7-,11-8-,19-16-,20-17-,25-23-,26-24-,32-29-. The third-order valence-electron chi connectivity index (χ3n) is 7.94. The van der Waals surface area contributed by atoms with E-state index in [0.29, 0.717) is 25.9 Å². The fourth-order valence-corrected chi connectivity index (χ4v) is 5.01. The fourth-order valence-electron chi connectivity index (χ4n) is 5.01. The first kappa shape index (κ1) is 47.1. The normalized spacial score (nSPS) is 13.1. The van der Waals surface area contributed by atoms with E-state index in [4.69, 9.17) is 14.2 Å². The molecule has 0 aliphatic heterocycles. The molecule has 0 aliphatic carbocycles. The first-order valence-electron chi connectivity index (χ1n) is 20.1. The number of carbonyl (C=O) groups excluding carboxylic acids is 2. The maximum Gasteiger partial charge on any atom is 0.306 e. The van der Waals surface area contributed by atoms with Crippen LogP contribution >= 0.6 is 0 Å². The predicted molar refractivity (Wildman–Crippen MR) is 214 cm³/mol. The lowest BCUT2D eigenvalue weighted by Gasteiger charge is -2.18. The van der Waals surface area contributed by atoms with Crippen LogP contribution in [-0.4, -0.2) is 37.9 Å². The van der Waals surface area contributed by atoms with Gasteiger partial charge in [0.15, 0.2) is 6.10 Å². The highest BCUT2D eigenvalue weighted by atomic mass is 16.6. The van der Waals surface area contributed by atoms with Gasteiger partial charge < -0.3 is 14.2 Å². The molecule has 0 saturated heterocycles. The summed E-state index contributed by atoms with van der Waals surface area (Å²) in [5, 5.41) is 0. The molecule has 0 aromatic rings. The Morgan fingerprint density at radius 1 is 0.460 bits per heavy atom. The number of hydrogen-bond acceptors (Lipinski definition) is 5. The molecular weight excluding hydrogens is 620 g/mol. The highest BCUT2D eigenvalue weighted by Gasteiger charge is 2.17. The summed E-state index contributed by atoms with van der Waals surface area (Å²) in [6.45, 7) is 7.44. The van der Waals surface area contributed by atoms with E-state index in [-0.39, 0.29) is 25.2 Å². The molecule has 1 atom stereocenters. The average molecular weight is 695 g/mol. The zero-order valence-corrected chi connectivity index (χ0v) is 32.4. The molecular formula is C45H74O5. The predicted octanol–water partition coefficient (Wildman–Crippen LogP) is 13.0. The van der Waals surface area contributed by atoms with Gasteiger partial charge in [-0.05, 0) is 77.0 Å². The SMILES string of the molecule is CC/C=C\C/C=C\C/C=C\C/C=C\CCC(=O)OCC(COCCCCCCCCCC)OC(=O)CCCCC/C=C\C/C=C\C/C=C\CC. The smallest absolute Gasteiger partial charge is 0.306 e. The zero-order chi connectivity index (χ0) is 36.4. The van der Waals surface area contributed by atoms with Crippen LogP contribution in [0.3, 0.4) is 0 Å². The lowest BCUT2D eigenvalue weighted by atomic mass is 10.1. The summed E-state index contributed by atoms with van der Waals surface area (Å²) < 4.78 is 17.1. The van der Waals surface area contributed by atoms with Crippen LogP contribution < -0.4 is 0 Å². The van der Waals surface area contributed by atoms with Gasteiger partial charge in [-0.1, -0.05) is 157 Å². The molecule has 0 spiro atoms. The van der Waals surface area contributed by atoms with Crippen molar-refractivity contribution < 1.29 is 23.8 Å². The maximum absolute atomic E-state index is 12.6. The second-order valence-corrected chi connectivity index (χ2v) is 12.8.